The minimum absolute atomic E-state index is 0.113. The molecule has 1 N–H and O–H groups in total. The average molecular weight is 243 g/mol. The highest BCUT2D eigenvalue weighted by molar-refractivity contribution is 4.86. The number of ether oxygens (including phenoxy) is 1. The molecule has 0 heterocycles. The van der Waals surface area contributed by atoms with Crippen LogP contribution in [0.1, 0.15) is 40.0 Å². The lowest BCUT2D eigenvalue weighted by Crippen LogP contribution is -2.40. The molecule has 0 saturated heterocycles. The number of aliphatic hydroxyl groups is 1. The fourth-order valence-corrected chi connectivity index (χ4v) is 2.76. The molecular formula is C14H29NO2. The maximum Gasteiger partial charge on any atom is 0.0593 e. The molecule has 0 spiro atoms. The van der Waals surface area contributed by atoms with E-state index in [1.54, 1.807) is 0 Å². The SMILES string of the molecule is CCOCCN(C)CC1CC(C)(C)CCC1O. The first-order chi connectivity index (χ1) is 7.94. The standard InChI is InChI=1S/C14H29NO2/c1-5-17-9-8-15(4)11-12-10-14(2,3)7-6-13(12)16/h12-13,16H,5-11H2,1-4H3. The van der Waals surface area contributed by atoms with Crippen molar-refractivity contribution in [2.24, 2.45) is 11.3 Å². The monoisotopic (exact) mass is 243 g/mol. The molecule has 0 aromatic heterocycles. The molecule has 3 heteroatoms. The van der Waals surface area contributed by atoms with Gasteiger partial charge in [0, 0.05) is 19.7 Å². The molecule has 0 bridgehead atoms. The van der Waals surface area contributed by atoms with Crippen molar-refractivity contribution in [2.45, 2.75) is 46.1 Å². The number of aliphatic hydroxyl groups excluding tert-OH is 1. The summed E-state index contributed by atoms with van der Waals surface area (Å²) in [7, 11) is 2.12. The van der Waals surface area contributed by atoms with E-state index in [0.717, 1.165) is 45.6 Å². The molecule has 102 valence electrons. The summed E-state index contributed by atoms with van der Waals surface area (Å²) in [6.07, 6.45) is 3.12. The third kappa shape index (κ3) is 5.36. The van der Waals surface area contributed by atoms with Gasteiger partial charge in [0.1, 0.15) is 0 Å². The van der Waals surface area contributed by atoms with Gasteiger partial charge in [0.15, 0.2) is 0 Å². The molecule has 0 radical (unpaired) electrons. The van der Waals surface area contributed by atoms with Crippen LogP contribution in [0.5, 0.6) is 0 Å². The molecule has 3 nitrogen and oxygen atoms in total. The first kappa shape index (κ1) is 14.9. The summed E-state index contributed by atoms with van der Waals surface area (Å²) in [5, 5.41) is 10.1. The minimum Gasteiger partial charge on any atom is -0.393 e. The molecule has 1 saturated carbocycles. The fourth-order valence-electron chi connectivity index (χ4n) is 2.76. The van der Waals surface area contributed by atoms with Gasteiger partial charge >= 0.3 is 0 Å². The molecule has 1 rings (SSSR count). The number of nitrogens with zero attached hydrogens (tertiary/aromatic N) is 1. The Bertz CT molecular complexity index is 218. The molecule has 0 aliphatic heterocycles. The lowest BCUT2D eigenvalue weighted by molar-refractivity contribution is 0.00411. The first-order valence-corrected chi connectivity index (χ1v) is 6.89. The van der Waals surface area contributed by atoms with Crippen LogP contribution in [0.25, 0.3) is 0 Å². The van der Waals surface area contributed by atoms with E-state index in [9.17, 15) is 5.11 Å². The number of hydrogen-bond donors (Lipinski definition) is 1. The maximum atomic E-state index is 10.1. The van der Waals surface area contributed by atoms with Crippen molar-refractivity contribution in [3.63, 3.8) is 0 Å². The van der Waals surface area contributed by atoms with E-state index in [-0.39, 0.29) is 6.10 Å². The lowest BCUT2D eigenvalue weighted by atomic mass is 9.71. The molecule has 2 atom stereocenters. The zero-order chi connectivity index (χ0) is 12.9. The molecule has 2 unspecified atom stereocenters. The molecule has 1 aliphatic carbocycles. The van der Waals surface area contributed by atoms with Gasteiger partial charge in [-0.3, -0.25) is 0 Å². The quantitative estimate of drug-likeness (QED) is 0.726. The summed E-state index contributed by atoms with van der Waals surface area (Å²) < 4.78 is 5.36. The van der Waals surface area contributed by atoms with Gasteiger partial charge in [0.05, 0.1) is 12.7 Å². The van der Waals surface area contributed by atoms with Crippen LogP contribution >= 0.6 is 0 Å². The first-order valence-electron chi connectivity index (χ1n) is 6.89. The van der Waals surface area contributed by atoms with E-state index >= 15 is 0 Å². The molecule has 1 aliphatic rings. The zero-order valence-electron chi connectivity index (χ0n) is 11.9. The van der Waals surface area contributed by atoms with E-state index in [0.29, 0.717) is 11.3 Å². The summed E-state index contributed by atoms with van der Waals surface area (Å²) in [5.41, 5.74) is 0.394. The van der Waals surface area contributed by atoms with Gasteiger partial charge < -0.3 is 14.7 Å². The molecular weight excluding hydrogens is 214 g/mol. The molecule has 1 fully saturated rings. The van der Waals surface area contributed by atoms with Crippen LogP contribution in [-0.2, 0) is 4.74 Å². The smallest absolute Gasteiger partial charge is 0.0593 e. The predicted octanol–water partition coefficient (Wildman–Crippen LogP) is 2.14. The normalized spacial score (nSPS) is 28.6. The zero-order valence-corrected chi connectivity index (χ0v) is 11.9. The van der Waals surface area contributed by atoms with Crippen LogP contribution < -0.4 is 0 Å². The highest BCUT2D eigenvalue weighted by Gasteiger charge is 2.34. The Labute approximate surface area is 106 Å². The summed E-state index contributed by atoms with van der Waals surface area (Å²) in [4.78, 5) is 2.28. The van der Waals surface area contributed by atoms with Crippen LogP contribution in [0.3, 0.4) is 0 Å². The summed E-state index contributed by atoms with van der Waals surface area (Å²) in [5.74, 6) is 0.422. The Morgan fingerprint density at radius 1 is 1.41 bits per heavy atom. The third-order valence-corrected chi connectivity index (χ3v) is 3.84. The Morgan fingerprint density at radius 3 is 2.76 bits per heavy atom. The largest absolute Gasteiger partial charge is 0.393 e. The van der Waals surface area contributed by atoms with Gasteiger partial charge in [-0.15, -0.1) is 0 Å². The van der Waals surface area contributed by atoms with Crippen molar-refractivity contribution in [3.8, 4) is 0 Å². The highest BCUT2D eigenvalue weighted by atomic mass is 16.5. The number of hydrogen-bond acceptors (Lipinski definition) is 3. The van der Waals surface area contributed by atoms with Crippen molar-refractivity contribution in [3.05, 3.63) is 0 Å². The number of rotatable bonds is 6. The molecule has 0 aromatic rings. The number of likely N-dealkylation sites (N-methyl/N-ethyl adjacent to an activating group) is 1. The Balaban J connectivity index is 2.32. The fraction of sp³-hybridized carbons (Fsp3) is 1.00. The lowest BCUT2D eigenvalue weighted by Gasteiger charge is -2.40. The molecule has 0 amide bonds. The van der Waals surface area contributed by atoms with E-state index in [2.05, 4.69) is 25.8 Å². The van der Waals surface area contributed by atoms with Gasteiger partial charge in [-0.25, -0.2) is 0 Å². The Kier molecular flexibility index (Phi) is 5.90. The van der Waals surface area contributed by atoms with Crippen LogP contribution in [0.4, 0.5) is 0 Å². The average Bonchev–Trinajstić information content (AvgIpc) is 2.24. The van der Waals surface area contributed by atoms with Crippen LogP contribution in [0.2, 0.25) is 0 Å². The van der Waals surface area contributed by atoms with Gasteiger partial charge in [-0.2, -0.15) is 0 Å². The Morgan fingerprint density at radius 2 is 2.12 bits per heavy atom. The van der Waals surface area contributed by atoms with Gasteiger partial charge in [0.2, 0.25) is 0 Å². The van der Waals surface area contributed by atoms with E-state index in [1.807, 2.05) is 6.92 Å². The van der Waals surface area contributed by atoms with Crippen molar-refractivity contribution in [2.75, 3.05) is 33.4 Å². The molecule has 17 heavy (non-hydrogen) atoms. The predicted molar refractivity (Wildman–Crippen MR) is 71.1 cm³/mol. The second-order valence-corrected chi connectivity index (χ2v) is 6.19. The van der Waals surface area contributed by atoms with E-state index in [1.165, 1.54) is 0 Å². The van der Waals surface area contributed by atoms with E-state index < -0.39 is 0 Å². The second kappa shape index (κ2) is 6.72. The van der Waals surface area contributed by atoms with E-state index in [4.69, 9.17) is 4.74 Å². The topological polar surface area (TPSA) is 32.7 Å². The van der Waals surface area contributed by atoms with Crippen LogP contribution in [0, 0.1) is 11.3 Å². The Hall–Kier alpha value is -0.120. The second-order valence-electron chi connectivity index (χ2n) is 6.19. The minimum atomic E-state index is -0.113. The van der Waals surface area contributed by atoms with Crippen molar-refractivity contribution in [1.29, 1.82) is 0 Å². The molecule has 0 aromatic carbocycles. The highest BCUT2D eigenvalue weighted by Crippen LogP contribution is 2.38. The van der Waals surface area contributed by atoms with Crippen LogP contribution in [-0.4, -0.2) is 49.5 Å². The van der Waals surface area contributed by atoms with Gasteiger partial charge in [-0.05, 0) is 44.6 Å². The third-order valence-electron chi connectivity index (χ3n) is 3.84. The van der Waals surface area contributed by atoms with Gasteiger partial charge in [0.25, 0.3) is 0 Å². The summed E-state index contributed by atoms with van der Waals surface area (Å²) in [6.45, 7) is 10.2. The maximum absolute atomic E-state index is 10.1. The van der Waals surface area contributed by atoms with Crippen LogP contribution in [0.15, 0.2) is 0 Å². The van der Waals surface area contributed by atoms with Crippen molar-refractivity contribution < 1.29 is 9.84 Å². The van der Waals surface area contributed by atoms with Crippen molar-refractivity contribution >= 4 is 0 Å². The van der Waals surface area contributed by atoms with Gasteiger partial charge in [-0.1, -0.05) is 13.8 Å². The summed E-state index contributed by atoms with van der Waals surface area (Å²) in [6, 6.07) is 0. The summed E-state index contributed by atoms with van der Waals surface area (Å²) >= 11 is 0. The van der Waals surface area contributed by atoms with Crippen molar-refractivity contribution in [1.82, 2.24) is 4.90 Å².